The van der Waals surface area contributed by atoms with Gasteiger partial charge in [-0.2, -0.15) is 0 Å². The number of carbonyl (C=O) groups excluding carboxylic acids is 10. The molecule has 0 aliphatic carbocycles. The average molecular weight is 2230 g/mol. The van der Waals surface area contributed by atoms with Crippen molar-refractivity contribution < 1.29 is 235 Å². The summed E-state index contributed by atoms with van der Waals surface area (Å²) in [6.07, 6.45) is 7.21. The van der Waals surface area contributed by atoms with Crippen LogP contribution < -0.4 is 51.1 Å². The van der Waals surface area contributed by atoms with Crippen LogP contribution in [0.15, 0.2) is 340 Å². The second kappa shape index (κ2) is 62.7. The van der Waals surface area contributed by atoms with E-state index in [1.807, 2.05) is 93.5 Å². The van der Waals surface area contributed by atoms with Gasteiger partial charge < -0.3 is 99.0 Å². The van der Waals surface area contributed by atoms with Crippen molar-refractivity contribution in [2.75, 3.05) is 0 Å². The third-order valence-corrected chi connectivity index (χ3v) is 17.6. The van der Waals surface area contributed by atoms with Gasteiger partial charge >= 0.3 is 136 Å². The number of carboxylic acids is 10. The number of hydrogen-bond donors (Lipinski definition) is 0. The van der Waals surface area contributed by atoms with Crippen LogP contribution in [0.5, 0.6) is 0 Å². The molecule has 0 aliphatic rings. The molecule has 12 aromatic carbocycles. The van der Waals surface area contributed by atoms with Gasteiger partial charge in [0.05, 0.1) is 81.8 Å². The molecular weight excluding hydrogens is 2140 g/mol. The third kappa shape index (κ3) is 44.4. The number of aromatic nitrogens is 4. The SMILES string of the molecule is Cc1ccc(C(=O)[O-])cc1.Cc1ccc(C(=O)[O-])cc1.Cc1ccc(C(=O)[O-])cc1.Cc1ccc(C(=O)[O-])cc1.Cc1ccc(C(=O)[O-])cc1.Cc1ccc(C(=O)[O-])cc1.Cc1ccc(C(=O)[O-])cc1.Cc1ccc(C(=O)[O-])cc1.Cc1ccc(C(=O)[O-])cc1.Cc1ccc(C(=O)[O-])cc1.[Cd+2].[Cd+2].[Nd+3].[Nd+3].c1cnc2c(c1)ccc1cccnc12.c1cnc2c(c1)ccc1cccnc12. The number of aromatic carboxylic acids is 10. The van der Waals surface area contributed by atoms with E-state index in [-0.39, 0.29) is 192 Å². The van der Waals surface area contributed by atoms with Crippen molar-refractivity contribution in [3.8, 4) is 0 Å². The minimum Gasteiger partial charge on any atom is -0.545 e. The van der Waals surface area contributed by atoms with Crippen LogP contribution in [0.3, 0.4) is 0 Å². The summed E-state index contributed by atoms with van der Waals surface area (Å²) in [7, 11) is 0. The summed E-state index contributed by atoms with van der Waals surface area (Å²) < 4.78 is 0. The van der Waals surface area contributed by atoms with E-state index in [0.29, 0.717) is 0 Å². The molecule has 16 aromatic rings. The molecule has 16 rings (SSSR count). The van der Waals surface area contributed by atoms with Gasteiger partial charge in [0.15, 0.2) is 0 Å². The average Bonchev–Trinajstić information content (AvgIpc) is 0.800. The number of carbonyl (C=O) groups is 10. The number of carboxylic acid groups (broad SMARTS) is 10. The molecule has 654 valence electrons. The Labute approximate surface area is 869 Å². The number of benzene rings is 12. The van der Waals surface area contributed by atoms with Crippen LogP contribution in [0.2, 0.25) is 0 Å². The fourth-order valence-electron chi connectivity index (χ4n) is 10.3. The van der Waals surface area contributed by atoms with Crippen LogP contribution in [-0.2, 0) is 54.6 Å². The Bertz CT molecular complexity index is 5200. The number of rotatable bonds is 10. The van der Waals surface area contributed by atoms with E-state index in [1.165, 1.54) is 121 Å². The first kappa shape index (κ1) is 118. The van der Waals surface area contributed by atoms with E-state index in [4.69, 9.17) is 0 Å². The minimum absolute atomic E-state index is 0. The Kier molecular flexibility index (Phi) is 55.9. The predicted octanol–water partition coefficient (Wildman–Crippen LogP) is 9.15. The number of hydrogen-bond acceptors (Lipinski definition) is 24. The maximum absolute atomic E-state index is 10.2. The molecule has 0 saturated heterocycles. The van der Waals surface area contributed by atoms with Crippen molar-refractivity contribution in [2.24, 2.45) is 0 Å². The first-order valence-electron chi connectivity index (χ1n) is 38.9. The molecule has 0 aliphatic heterocycles. The number of pyridine rings is 4. The molecule has 0 saturated carbocycles. The van der Waals surface area contributed by atoms with Gasteiger partial charge in [0.1, 0.15) is 0 Å². The summed E-state index contributed by atoms with van der Waals surface area (Å²) in [5, 5.41) is 107. The first-order chi connectivity index (χ1) is 60.9. The summed E-state index contributed by atoms with van der Waals surface area (Å²) in [6, 6.07) is 89.7. The van der Waals surface area contributed by atoms with Crippen LogP contribution in [0.1, 0.15) is 159 Å². The summed E-state index contributed by atoms with van der Waals surface area (Å²) in [6.45, 7) is 19.0. The molecule has 0 amide bonds. The van der Waals surface area contributed by atoms with Gasteiger partial charge in [-0.15, -0.1) is 0 Å². The van der Waals surface area contributed by atoms with E-state index in [0.717, 1.165) is 99.2 Å². The van der Waals surface area contributed by atoms with E-state index in [2.05, 4.69) is 68.5 Å². The zero-order valence-corrected chi connectivity index (χ0v) is 88.2. The quantitative estimate of drug-likeness (QED) is 0.0909. The fraction of sp³-hybridized carbons (Fsp3) is 0.0962. The summed E-state index contributed by atoms with van der Waals surface area (Å²) in [5.74, 6) is -11.2. The van der Waals surface area contributed by atoms with E-state index in [1.54, 1.807) is 146 Å². The predicted molar refractivity (Wildman–Crippen MR) is 469 cm³/mol. The topological polar surface area (TPSA) is 453 Å². The van der Waals surface area contributed by atoms with Crippen LogP contribution in [-0.4, -0.2) is 79.6 Å². The Morgan fingerprint density at radius 1 is 0.159 bits per heavy atom. The zero-order chi connectivity index (χ0) is 94.4. The fourth-order valence-corrected chi connectivity index (χ4v) is 10.3. The standard InChI is InChI=1S/2C12H8N2.10C8H8O2.2Cd.2Nd/c2*1-3-9-5-6-10-4-2-8-14-12(10)11(9)13-7-1;10*1-6-2-4-7(5-3-6)8(9)10;;;;/h2*1-8H;10*2-5H,1H3,(H,9,10);;;;/q;;;;;;;;;;;;2*+2;2*+3/p-10. The van der Waals surface area contributed by atoms with Crippen LogP contribution >= 0.6 is 0 Å². The molecule has 0 spiro atoms. The zero-order valence-electron chi connectivity index (χ0n) is 73.7. The largest absolute Gasteiger partial charge is 3.00 e. The minimum atomic E-state index is -1.12. The van der Waals surface area contributed by atoms with Crippen molar-refractivity contribution in [3.63, 3.8) is 0 Å². The van der Waals surface area contributed by atoms with Gasteiger partial charge in [-0.3, -0.25) is 19.9 Å². The molecule has 28 heteroatoms. The number of aryl methyl sites for hydroxylation is 10. The Balaban J connectivity index is 0.000000720. The van der Waals surface area contributed by atoms with Gasteiger partial charge in [0, 0.05) is 46.3 Å². The molecular formula is C104H86Cd2N4Nd2O20. The van der Waals surface area contributed by atoms with Crippen molar-refractivity contribution in [1.29, 1.82) is 0 Å². The summed E-state index contributed by atoms with van der Waals surface area (Å²) in [4.78, 5) is 119. The molecule has 2 radical (unpaired) electrons. The molecule has 0 unspecified atom stereocenters. The van der Waals surface area contributed by atoms with Crippen molar-refractivity contribution >= 4 is 103 Å². The normalized spacial score (nSPS) is 9.35. The molecule has 0 N–H and O–H groups in total. The first-order valence-corrected chi connectivity index (χ1v) is 38.9. The Morgan fingerprint density at radius 3 is 0.333 bits per heavy atom. The second-order valence-corrected chi connectivity index (χ2v) is 28.0. The van der Waals surface area contributed by atoms with Gasteiger partial charge in [0.2, 0.25) is 0 Å². The van der Waals surface area contributed by atoms with Gasteiger partial charge in [-0.25, -0.2) is 0 Å². The smallest absolute Gasteiger partial charge is 0.545 e. The molecule has 0 fully saturated rings. The summed E-state index contributed by atoms with van der Waals surface area (Å²) in [5.41, 5.74) is 16.6. The number of nitrogens with zero attached hydrogens (tertiary/aromatic N) is 4. The summed E-state index contributed by atoms with van der Waals surface area (Å²) >= 11 is 0. The number of fused-ring (bicyclic) bond motifs is 6. The monoisotopic (exact) mass is 2220 g/mol. The van der Waals surface area contributed by atoms with Gasteiger partial charge in [0.25, 0.3) is 0 Å². The van der Waals surface area contributed by atoms with Crippen molar-refractivity contribution in [3.05, 3.63) is 452 Å². The van der Waals surface area contributed by atoms with Crippen LogP contribution in [0.4, 0.5) is 0 Å². The van der Waals surface area contributed by atoms with Crippen molar-refractivity contribution in [2.45, 2.75) is 69.2 Å². The molecule has 4 aromatic heterocycles. The van der Waals surface area contributed by atoms with Crippen molar-refractivity contribution in [1.82, 2.24) is 19.9 Å². The Hall–Kier alpha value is -12.5. The van der Waals surface area contributed by atoms with Crippen LogP contribution in [0.25, 0.3) is 43.6 Å². The maximum atomic E-state index is 10.2. The molecule has 24 nitrogen and oxygen atoms in total. The molecule has 4 heterocycles. The molecule has 0 bridgehead atoms. The second-order valence-electron chi connectivity index (χ2n) is 28.0. The van der Waals surface area contributed by atoms with Gasteiger partial charge in [-0.05, 0) is 149 Å². The van der Waals surface area contributed by atoms with E-state index < -0.39 is 59.7 Å². The maximum Gasteiger partial charge on any atom is 3.00 e. The third-order valence-electron chi connectivity index (χ3n) is 17.6. The molecule has 0 atom stereocenters. The van der Waals surface area contributed by atoms with Crippen LogP contribution in [0, 0.1) is 151 Å². The van der Waals surface area contributed by atoms with E-state index >= 15 is 0 Å². The molecule has 132 heavy (non-hydrogen) atoms. The van der Waals surface area contributed by atoms with Gasteiger partial charge in [-0.1, -0.05) is 347 Å². The Morgan fingerprint density at radius 2 is 0.250 bits per heavy atom. The van der Waals surface area contributed by atoms with E-state index in [9.17, 15) is 99.0 Å².